The summed E-state index contributed by atoms with van der Waals surface area (Å²) in [5.41, 5.74) is 0.832. The molecule has 5 heteroatoms. The van der Waals surface area contributed by atoms with Crippen LogP contribution in [-0.4, -0.2) is 24.6 Å². The first-order valence-electron chi connectivity index (χ1n) is 6.83. The summed E-state index contributed by atoms with van der Waals surface area (Å²) in [6.45, 7) is 5.23. The average Bonchev–Trinajstić information content (AvgIpc) is 2.71. The topological polar surface area (TPSA) is 51.2 Å². The number of methoxy groups -OCH3 is 1. The number of ether oxygens (including phenoxy) is 1. The highest BCUT2D eigenvalue weighted by Gasteiger charge is 2.44. The molecular formula is C14H22N2O2S. The summed E-state index contributed by atoms with van der Waals surface area (Å²) in [5.74, 6) is 0.133. The third kappa shape index (κ3) is 2.98. The first-order chi connectivity index (χ1) is 9.11. The minimum absolute atomic E-state index is 0.133. The molecule has 4 nitrogen and oxygen atoms in total. The van der Waals surface area contributed by atoms with Crippen LogP contribution in [0.2, 0.25) is 0 Å². The number of rotatable bonds is 6. The van der Waals surface area contributed by atoms with Gasteiger partial charge in [0.2, 0.25) is 5.91 Å². The molecule has 1 fully saturated rings. The van der Waals surface area contributed by atoms with E-state index in [1.807, 2.05) is 6.92 Å². The van der Waals surface area contributed by atoms with Gasteiger partial charge in [0.15, 0.2) is 0 Å². The fourth-order valence-electron chi connectivity index (χ4n) is 2.59. The lowest BCUT2D eigenvalue weighted by Gasteiger charge is -2.39. The number of nitrogens with zero attached hydrogens (tertiary/aromatic N) is 1. The van der Waals surface area contributed by atoms with E-state index in [0.717, 1.165) is 36.4 Å². The summed E-state index contributed by atoms with van der Waals surface area (Å²) in [6.07, 6.45) is 3.92. The van der Waals surface area contributed by atoms with E-state index >= 15 is 0 Å². The van der Waals surface area contributed by atoms with Crippen molar-refractivity contribution < 1.29 is 9.53 Å². The summed E-state index contributed by atoms with van der Waals surface area (Å²) < 4.78 is 5.20. The quantitative estimate of drug-likeness (QED) is 0.872. The van der Waals surface area contributed by atoms with Gasteiger partial charge in [-0.3, -0.25) is 4.79 Å². The zero-order valence-corrected chi connectivity index (χ0v) is 12.7. The van der Waals surface area contributed by atoms with Gasteiger partial charge in [-0.2, -0.15) is 0 Å². The number of aromatic nitrogens is 1. The lowest BCUT2D eigenvalue weighted by molar-refractivity contribution is -0.140. The number of aryl methyl sites for hydroxylation is 2. The van der Waals surface area contributed by atoms with Crippen LogP contribution in [0.4, 0.5) is 0 Å². The van der Waals surface area contributed by atoms with Crippen molar-refractivity contribution in [3.63, 3.8) is 0 Å². The molecule has 106 valence electrons. The highest BCUT2D eigenvalue weighted by atomic mass is 32.1. The van der Waals surface area contributed by atoms with Crippen LogP contribution in [-0.2, 0) is 22.5 Å². The number of carbonyl (C=O) groups is 1. The minimum Gasteiger partial charge on any atom is -0.384 e. The number of carbonyl (C=O) groups excluding carboxylic acids is 1. The van der Waals surface area contributed by atoms with Crippen molar-refractivity contribution in [2.45, 2.75) is 46.1 Å². The highest BCUT2D eigenvalue weighted by Crippen LogP contribution is 2.41. The monoisotopic (exact) mass is 282 g/mol. The normalized spacial score (nSPS) is 17.0. The van der Waals surface area contributed by atoms with Gasteiger partial charge in [0.05, 0.1) is 29.3 Å². The largest absolute Gasteiger partial charge is 0.384 e. The van der Waals surface area contributed by atoms with Gasteiger partial charge >= 0.3 is 0 Å². The molecular weight excluding hydrogens is 260 g/mol. The molecule has 1 heterocycles. The van der Waals surface area contributed by atoms with Crippen molar-refractivity contribution in [2.24, 2.45) is 5.41 Å². The van der Waals surface area contributed by atoms with Gasteiger partial charge in [0.1, 0.15) is 0 Å². The van der Waals surface area contributed by atoms with Gasteiger partial charge < -0.3 is 10.1 Å². The van der Waals surface area contributed by atoms with Gasteiger partial charge in [-0.15, -0.1) is 11.3 Å². The summed E-state index contributed by atoms with van der Waals surface area (Å²) in [4.78, 5) is 18.0. The minimum atomic E-state index is -0.277. The molecule has 1 aliphatic rings. The van der Waals surface area contributed by atoms with E-state index in [-0.39, 0.29) is 11.3 Å². The number of hydrogen-bond donors (Lipinski definition) is 1. The highest BCUT2D eigenvalue weighted by molar-refractivity contribution is 7.11. The lowest BCUT2D eigenvalue weighted by Crippen LogP contribution is -2.48. The van der Waals surface area contributed by atoms with Crippen LogP contribution in [0.1, 0.15) is 41.8 Å². The third-order valence-electron chi connectivity index (χ3n) is 3.84. The Kier molecular flexibility index (Phi) is 4.58. The van der Waals surface area contributed by atoms with Crippen LogP contribution in [0.15, 0.2) is 0 Å². The molecule has 2 rings (SSSR count). The van der Waals surface area contributed by atoms with Gasteiger partial charge in [-0.25, -0.2) is 4.98 Å². The first kappa shape index (κ1) is 14.5. The van der Waals surface area contributed by atoms with Crippen LogP contribution in [0.25, 0.3) is 0 Å². The second kappa shape index (κ2) is 6.01. The van der Waals surface area contributed by atoms with E-state index in [2.05, 4.69) is 17.2 Å². The Morgan fingerprint density at radius 3 is 2.79 bits per heavy atom. The van der Waals surface area contributed by atoms with E-state index in [0.29, 0.717) is 13.2 Å². The predicted octanol–water partition coefficient (Wildman–Crippen LogP) is 2.45. The summed E-state index contributed by atoms with van der Waals surface area (Å²) in [6, 6.07) is 0. The molecule has 1 aromatic heterocycles. The Morgan fingerprint density at radius 2 is 2.26 bits per heavy atom. The fourth-order valence-corrected chi connectivity index (χ4v) is 3.56. The smallest absolute Gasteiger partial charge is 0.228 e. The Balaban J connectivity index is 1.96. The van der Waals surface area contributed by atoms with Crippen molar-refractivity contribution >= 4 is 17.2 Å². The molecule has 1 N–H and O–H groups in total. The van der Waals surface area contributed by atoms with Crippen molar-refractivity contribution in [3.05, 3.63) is 15.6 Å². The maximum absolute atomic E-state index is 12.3. The summed E-state index contributed by atoms with van der Waals surface area (Å²) in [7, 11) is 1.66. The van der Waals surface area contributed by atoms with Crippen LogP contribution in [0, 0.1) is 12.3 Å². The van der Waals surface area contributed by atoms with E-state index in [9.17, 15) is 4.79 Å². The van der Waals surface area contributed by atoms with Crippen molar-refractivity contribution in [1.82, 2.24) is 10.3 Å². The molecule has 1 aromatic rings. The number of thiazole rings is 1. The second-order valence-corrected chi connectivity index (χ2v) is 6.49. The van der Waals surface area contributed by atoms with Crippen LogP contribution >= 0.6 is 11.3 Å². The molecule has 1 saturated carbocycles. The van der Waals surface area contributed by atoms with Gasteiger partial charge in [-0.05, 0) is 26.2 Å². The van der Waals surface area contributed by atoms with Crippen molar-refractivity contribution in [2.75, 3.05) is 13.7 Å². The Labute approximate surface area is 118 Å². The zero-order valence-electron chi connectivity index (χ0n) is 11.9. The Morgan fingerprint density at radius 1 is 1.53 bits per heavy atom. The Bertz CT molecular complexity index is 452. The third-order valence-corrected chi connectivity index (χ3v) is 4.86. The maximum Gasteiger partial charge on any atom is 0.228 e. The van der Waals surface area contributed by atoms with Crippen molar-refractivity contribution in [3.8, 4) is 0 Å². The molecule has 0 aromatic carbocycles. The zero-order chi connectivity index (χ0) is 13.9. The molecule has 0 saturated heterocycles. The predicted molar refractivity (Wildman–Crippen MR) is 76.2 cm³/mol. The molecule has 0 bridgehead atoms. The van der Waals surface area contributed by atoms with Gasteiger partial charge in [0.25, 0.3) is 0 Å². The number of amides is 1. The number of hydrogen-bond acceptors (Lipinski definition) is 4. The van der Waals surface area contributed by atoms with Crippen LogP contribution < -0.4 is 5.32 Å². The van der Waals surface area contributed by atoms with E-state index in [1.165, 1.54) is 4.88 Å². The number of nitrogens with one attached hydrogen (secondary N) is 1. The molecule has 0 unspecified atom stereocenters. The molecule has 0 spiro atoms. The van der Waals surface area contributed by atoms with E-state index in [4.69, 9.17) is 4.74 Å². The molecule has 0 atom stereocenters. The molecule has 0 radical (unpaired) electrons. The summed E-state index contributed by atoms with van der Waals surface area (Å²) >= 11 is 1.67. The SMILES string of the molecule is CCc1nc(C)sc1CNC(=O)C1(COC)CCC1. The molecule has 1 amide bonds. The van der Waals surface area contributed by atoms with E-state index in [1.54, 1.807) is 18.4 Å². The van der Waals surface area contributed by atoms with Crippen LogP contribution in [0.3, 0.4) is 0 Å². The lowest BCUT2D eigenvalue weighted by atomic mass is 9.68. The first-order valence-corrected chi connectivity index (χ1v) is 7.65. The Hall–Kier alpha value is -0.940. The molecule has 19 heavy (non-hydrogen) atoms. The van der Waals surface area contributed by atoms with E-state index < -0.39 is 0 Å². The van der Waals surface area contributed by atoms with Gasteiger partial charge in [-0.1, -0.05) is 13.3 Å². The molecule has 1 aliphatic carbocycles. The maximum atomic E-state index is 12.3. The fraction of sp³-hybridized carbons (Fsp3) is 0.714. The van der Waals surface area contributed by atoms with Crippen molar-refractivity contribution in [1.29, 1.82) is 0 Å². The van der Waals surface area contributed by atoms with Crippen LogP contribution in [0.5, 0.6) is 0 Å². The summed E-state index contributed by atoms with van der Waals surface area (Å²) in [5, 5.41) is 4.13. The average molecular weight is 282 g/mol. The standard InChI is InChI=1S/C14H22N2O2S/c1-4-11-12(19-10(2)16-11)8-15-13(17)14(9-18-3)6-5-7-14/h4-9H2,1-3H3,(H,15,17). The second-order valence-electron chi connectivity index (χ2n) is 5.21. The van der Waals surface area contributed by atoms with Gasteiger partial charge in [0, 0.05) is 12.0 Å². The molecule has 0 aliphatic heterocycles.